The summed E-state index contributed by atoms with van der Waals surface area (Å²) in [4.78, 5) is 24.6. The van der Waals surface area contributed by atoms with E-state index in [9.17, 15) is 14.7 Å². The molecule has 3 N–H and O–H groups in total. The zero-order chi connectivity index (χ0) is 19.1. The molecular formula is C20H24N2O3S. The second kappa shape index (κ2) is 9.40. The molecule has 138 valence electrons. The lowest BCUT2D eigenvalue weighted by Gasteiger charge is -2.18. The third-order valence-electron chi connectivity index (χ3n) is 4.02. The van der Waals surface area contributed by atoms with Crippen LogP contribution in [0.25, 0.3) is 0 Å². The number of carbonyl (C=O) groups excluding carboxylic acids is 1. The molecule has 6 heteroatoms. The Morgan fingerprint density at radius 3 is 2.15 bits per heavy atom. The van der Waals surface area contributed by atoms with Crippen LogP contribution in [0, 0.1) is 5.92 Å². The number of amides is 1. The third-order valence-corrected chi connectivity index (χ3v) is 4.77. The predicted octanol–water partition coefficient (Wildman–Crippen LogP) is 3.86. The van der Waals surface area contributed by atoms with E-state index in [1.807, 2.05) is 56.5 Å². The summed E-state index contributed by atoms with van der Waals surface area (Å²) in [5.41, 5.74) is 2.26. The van der Waals surface area contributed by atoms with Crippen LogP contribution in [0.4, 0.5) is 5.69 Å². The van der Waals surface area contributed by atoms with E-state index < -0.39 is 12.0 Å². The van der Waals surface area contributed by atoms with Gasteiger partial charge >= 0.3 is 5.97 Å². The standard InChI is InChI=1S/C20H24N2O3S/c1-13(2)18(20(24)25)21-12-14-4-8-16(9-5-14)22-19(23)15-6-10-17(26-3)11-7-15/h4-11,13,18,21H,12H2,1-3H3,(H,22,23)(H,24,25). The second-order valence-electron chi connectivity index (χ2n) is 6.32. The van der Waals surface area contributed by atoms with Crippen LogP contribution in [0.15, 0.2) is 53.4 Å². The Kier molecular flexibility index (Phi) is 7.24. The van der Waals surface area contributed by atoms with Gasteiger partial charge in [0.2, 0.25) is 0 Å². The lowest BCUT2D eigenvalue weighted by atomic mass is 10.0. The molecule has 2 aromatic rings. The van der Waals surface area contributed by atoms with Crippen LogP contribution in [0.2, 0.25) is 0 Å². The first kappa shape index (κ1) is 20.0. The Labute approximate surface area is 158 Å². The maximum Gasteiger partial charge on any atom is 0.320 e. The molecule has 0 aliphatic carbocycles. The molecule has 0 aliphatic heterocycles. The minimum absolute atomic E-state index is 0.00329. The van der Waals surface area contributed by atoms with Crippen LogP contribution in [0.3, 0.4) is 0 Å². The van der Waals surface area contributed by atoms with Gasteiger partial charge in [0.1, 0.15) is 6.04 Å². The molecule has 0 aromatic heterocycles. The van der Waals surface area contributed by atoms with Gasteiger partial charge in [-0.25, -0.2) is 0 Å². The fraction of sp³-hybridized carbons (Fsp3) is 0.300. The highest BCUT2D eigenvalue weighted by atomic mass is 32.2. The van der Waals surface area contributed by atoms with Gasteiger partial charge in [0.15, 0.2) is 0 Å². The molecule has 1 amide bonds. The van der Waals surface area contributed by atoms with Crippen LogP contribution < -0.4 is 10.6 Å². The molecule has 2 rings (SSSR count). The molecule has 0 radical (unpaired) electrons. The summed E-state index contributed by atoms with van der Waals surface area (Å²) in [5.74, 6) is -1.01. The van der Waals surface area contributed by atoms with E-state index in [1.54, 1.807) is 23.9 Å². The van der Waals surface area contributed by atoms with Gasteiger partial charge in [0.25, 0.3) is 5.91 Å². The van der Waals surface area contributed by atoms with E-state index in [-0.39, 0.29) is 11.8 Å². The van der Waals surface area contributed by atoms with Crippen LogP contribution in [-0.2, 0) is 11.3 Å². The van der Waals surface area contributed by atoms with Crippen molar-refractivity contribution in [3.8, 4) is 0 Å². The molecule has 1 unspecified atom stereocenters. The summed E-state index contributed by atoms with van der Waals surface area (Å²) < 4.78 is 0. The van der Waals surface area contributed by atoms with Gasteiger partial charge in [-0.15, -0.1) is 11.8 Å². The largest absolute Gasteiger partial charge is 0.480 e. The minimum Gasteiger partial charge on any atom is -0.480 e. The smallest absolute Gasteiger partial charge is 0.320 e. The summed E-state index contributed by atoms with van der Waals surface area (Å²) in [6.07, 6.45) is 1.99. The first-order chi connectivity index (χ1) is 12.4. The van der Waals surface area contributed by atoms with Crippen LogP contribution in [0.1, 0.15) is 29.8 Å². The van der Waals surface area contributed by atoms with Gasteiger partial charge in [0, 0.05) is 22.7 Å². The first-order valence-electron chi connectivity index (χ1n) is 8.41. The molecule has 5 nitrogen and oxygen atoms in total. The molecule has 0 saturated heterocycles. The minimum atomic E-state index is -0.851. The number of anilines is 1. The maximum absolute atomic E-state index is 12.3. The molecule has 0 saturated carbocycles. The summed E-state index contributed by atoms with van der Waals surface area (Å²) >= 11 is 1.63. The summed E-state index contributed by atoms with van der Waals surface area (Å²) in [7, 11) is 0. The average Bonchev–Trinajstić information content (AvgIpc) is 2.62. The van der Waals surface area contributed by atoms with Gasteiger partial charge < -0.3 is 15.7 Å². The van der Waals surface area contributed by atoms with Gasteiger partial charge in [-0.3, -0.25) is 9.59 Å². The van der Waals surface area contributed by atoms with Crippen molar-refractivity contribution >= 4 is 29.3 Å². The molecule has 0 heterocycles. The number of aliphatic carboxylic acids is 1. The zero-order valence-electron chi connectivity index (χ0n) is 15.2. The highest BCUT2D eigenvalue weighted by Crippen LogP contribution is 2.16. The number of carboxylic acid groups (broad SMARTS) is 1. The topological polar surface area (TPSA) is 78.4 Å². The van der Waals surface area contributed by atoms with E-state index in [0.29, 0.717) is 17.8 Å². The Bertz CT molecular complexity index is 743. The van der Waals surface area contributed by atoms with Crippen molar-refractivity contribution in [1.82, 2.24) is 5.32 Å². The van der Waals surface area contributed by atoms with Crippen molar-refractivity contribution in [3.63, 3.8) is 0 Å². The number of rotatable bonds is 8. The Balaban J connectivity index is 1.94. The molecular weight excluding hydrogens is 348 g/mol. The lowest BCUT2D eigenvalue weighted by molar-refractivity contribution is -0.140. The number of thioether (sulfide) groups is 1. The summed E-state index contributed by atoms with van der Waals surface area (Å²) in [6, 6.07) is 14.2. The maximum atomic E-state index is 12.3. The summed E-state index contributed by atoms with van der Waals surface area (Å²) in [5, 5.41) is 15.1. The molecule has 26 heavy (non-hydrogen) atoms. The average molecular weight is 372 g/mol. The quantitative estimate of drug-likeness (QED) is 0.613. The summed E-state index contributed by atoms with van der Waals surface area (Å²) in [6.45, 7) is 4.20. The first-order valence-corrected chi connectivity index (χ1v) is 9.63. The number of carboxylic acids is 1. The van der Waals surface area contributed by atoms with Crippen LogP contribution in [-0.4, -0.2) is 29.3 Å². The Hall–Kier alpha value is -2.31. The highest BCUT2D eigenvalue weighted by Gasteiger charge is 2.20. The Morgan fingerprint density at radius 1 is 1.04 bits per heavy atom. The van der Waals surface area contributed by atoms with Gasteiger partial charge in [0.05, 0.1) is 0 Å². The normalized spacial score (nSPS) is 12.0. The molecule has 0 fully saturated rings. The van der Waals surface area contributed by atoms with E-state index in [4.69, 9.17) is 0 Å². The van der Waals surface area contributed by atoms with Crippen molar-refractivity contribution in [2.75, 3.05) is 11.6 Å². The van der Waals surface area contributed by atoms with Crippen molar-refractivity contribution in [3.05, 3.63) is 59.7 Å². The van der Waals surface area contributed by atoms with Crippen molar-refractivity contribution in [2.45, 2.75) is 31.3 Å². The van der Waals surface area contributed by atoms with Gasteiger partial charge in [-0.2, -0.15) is 0 Å². The van der Waals surface area contributed by atoms with Crippen molar-refractivity contribution < 1.29 is 14.7 Å². The lowest BCUT2D eigenvalue weighted by Crippen LogP contribution is -2.40. The number of carbonyl (C=O) groups is 2. The van der Waals surface area contributed by atoms with E-state index in [1.165, 1.54) is 0 Å². The fourth-order valence-electron chi connectivity index (χ4n) is 2.49. The van der Waals surface area contributed by atoms with Gasteiger partial charge in [-0.1, -0.05) is 26.0 Å². The van der Waals surface area contributed by atoms with E-state index >= 15 is 0 Å². The van der Waals surface area contributed by atoms with E-state index in [2.05, 4.69) is 10.6 Å². The molecule has 0 bridgehead atoms. The number of hydrogen-bond acceptors (Lipinski definition) is 4. The molecule has 1 atom stereocenters. The second-order valence-corrected chi connectivity index (χ2v) is 7.20. The van der Waals surface area contributed by atoms with Crippen LogP contribution in [0.5, 0.6) is 0 Å². The zero-order valence-corrected chi connectivity index (χ0v) is 16.0. The van der Waals surface area contributed by atoms with Gasteiger partial charge in [-0.05, 0) is 54.1 Å². The monoisotopic (exact) mass is 372 g/mol. The Morgan fingerprint density at radius 2 is 1.65 bits per heavy atom. The number of hydrogen-bond donors (Lipinski definition) is 3. The van der Waals surface area contributed by atoms with Crippen molar-refractivity contribution in [2.24, 2.45) is 5.92 Å². The third kappa shape index (κ3) is 5.61. The SMILES string of the molecule is CSc1ccc(C(=O)Nc2ccc(CNC(C(=O)O)C(C)C)cc2)cc1. The fourth-order valence-corrected chi connectivity index (χ4v) is 2.90. The van der Waals surface area contributed by atoms with Crippen LogP contribution >= 0.6 is 11.8 Å². The highest BCUT2D eigenvalue weighted by molar-refractivity contribution is 7.98. The number of benzene rings is 2. The predicted molar refractivity (Wildman–Crippen MR) is 106 cm³/mol. The molecule has 0 spiro atoms. The molecule has 2 aromatic carbocycles. The molecule has 0 aliphatic rings. The van der Waals surface area contributed by atoms with E-state index in [0.717, 1.165) is 10.5 Å². The number of nitrogens with one attached hydrogen (secondary N) is 2. The van der Waals surface area contributed by atoms with Crippen molar-refractivity contribution in [1.29, 1.82) is 0 Å².